The molecule has 2 heterocycles. The maximum Gasteiger partial charge on any atom is 0.224 e. The minimum Gasteiger partial charge on any atom is -0.392 e. The number of carbonyl (C=O) groups excluding carboxylic acids is 3. The fourth-order valence-corrected chi connectivity index (χ4v) is 4.31. The van der Waals surface area contributed by atoms with Gasteiger partial charge in [-0.15, -0.1) is 0 Å². The van der Waals surface area contributed by atoms with Crippen molar-refractivity contribution < 1.29 is 19.5 Å². The van der Waals surface area contributed by atoms with Crippen LogP contribution in [0.15, 0.2) is 30.0 Å². The van der Waals surface area contributed by atoms with Gasteiger partial charge in [-0.25, -0.2) is 0 Å². The zero-order valence-electron chi connectivity index (χ0n) is 18.3. The van der Waals surface area contributed by atoms with Crippen LogP contribution in [-0.4, -0.2) is 29.1 Å². The van der Waals surface area contributed by atoms with Crippen LogP contribution in [0, 0.1) is 11.3 Å². The maximum atomic E-state index is 13.2. The van der Waals surface area contributed by atoms with Crippen LogP contribution < -0.4 is 10.2 Å². The summed E-state index contributed by atoms with van der Waals surface area (Å²) in [7, 11) is 0. The monoisotopic (exact) mass is 412 g/mol. The lowest BCUT2D eigenvalue weighted by Gasteiger charge is -2.27. The third-order valence-corrected chi connectivity index (χ3v) is 6.18. The predicted octanol–water partition coefficient (Wildman–Crippen LogP) is 3.43. The molecule has 1 fully saturated rings. The van der Waals surface area contributed by atoms with Crippen LogP contribution in [0.1, 0.15) is 70.5 Å². The van der Waals surface area contributed by atoms with Crippen molar-refractivity contribution >= 4 is 23.2 Å². The lowest BCUT2D eigenvalue weighted by atomic mass is 9.88. The number of nitrogens with zero attached hydrogens (tertiary/aromatic N) is 1. The topological polar surface area (TPSA) is 86.7 Å². The Labute approximate surface area is 178 Å². The third kappa shape index (κ3) is 4.33. The zero-order valence-corrected chi connectivity index (χ0v) is 18.3. The first-order chi connectivity index (χ1) is 14.2. The van der Waals surface area contributed by atoms with E-state index in [1.807, 2.05) is 19.1 Å². The summed E-state index contributed by atoms with van der Waals surface area (Å²) < 4.78 is 0. The van der Waals surface area contributed by atoms with Gasteiger partial charge in [0.05, 0.1) is 6.61 Å². The molecule has 0 radical (unpaired) electrons. The Hall–Kier alpha value is -2.47. The number of nitrogens with one attached hydrogen (secondary N) is 1. The number of fused-ring (bicyclic) bond motifs is 3. The number of aliphatic hydroxyl groups is 1. The molecule has 2 N–H and O–H groups in total. The van der Waals surface area contributed by atoms with Crippen molar-refractivity contribution in [2.45, 2.75) is 66.0 Å². The van der Waals surface area contributed by atoms with Crippen molar-refractivity contribution in [1.29, 1.82) is 0 Å². The molecular formula is C24H32N2O4. The van der Waals surface area contributed by atoms with Gasteiger partial charge in [0, 0.05) is 53.7 Å². The highest BCUT2D eigenvalue weighted by molar-refractivity contribution is 6.01. The number of allylic oxidation sites excluding steroid dienone is 1. The van der Waals surface area contributed by atoms with Gasteiger partial charge in [0.2, 0.25) is 5.91 Å². The molecule has 30 heavy (non-hydrogen) atoms. The van der Waals surface area contributed by atoms with E-state index < -0.39 is 12.0 Å². The number of hydrogen-bond donors (Lipinski definition) is 2. The molecule has 2 aliphatic rings. The number of rotatable bonds is 7. The molecule has 1 unspecified atom stereocenters. The number of anilines is 1. The molecule has 1 aromatic rings. The first kappa shape index (κ1) is 22.2. The average molecular weight is 413 g/mol. The molecule has 1 amide bonds. The van der Waals surface area contributed by atoms with Crippen LogP contribution in [0.2, 0.25) is 0 Å². The predicted molar refractivity (Wildman–Crippen MR) is 116 cm³/mol. The summed E-state index contributed by atoms with van der Waals surface area (Å²) in [6.07, 6.45) is 3.97. The van der Waals surface area contributed by atoms with E-state index in [0.29, 0.717) is 6.42 Å². The Morgan fingerprint density at radius 3 is 2.73 bits per heavy atom. The van der Waals surface area contributed by atoms with Gasteiger partial charge in [-0.05, 0) is 24.5 Å². The van der Waals surface area contributed by atoms with E-state index in [0.717, 1.165) is 41.9 Å². The van der Waals surface area contributed by atoms with Gasteiger partial charge < -0.3 is 15.3 Å². The highest BCUT2D eigenvalue weighted by Crippen LogP contribution is 2.46. The molecule has 0 aliphatic carbocycles. The second-order valence-electron chi connectivity index (χ2n) is 9.10. The van der Waals surface area contributed by atoms with E-state index in [1.165, 1.54) is 0 Å². The summed E-state index contributed by atoms with van der Waals surface area (Å²) in [5.74, 6) is -0.898. The SMILES string of the molecule is CCCC(=O)C[C@@H](C)C(=O)NC1C(=O)C=C2N(CCC2(C)C)c2cc(CO)ccc21. The van der Waals surface area contributed by atoms with E-state index in [9.17, 15) is 19.5 Å². The normalized spacial score (nSPS) is 20.7. The Balaban J connectivity index is 1.94. The number of benzene rings is 1. The summed E-state index contributed by atoms with van der Waals surface area (Å²) in [6, 6.07) is 4.69. The van der Waals surface area contributed by atoms with Gasteiger partial charge >= 0.3 is 0 Å². The van der Waals surface area contributed by atoms with E-state index in [2.05, 4.69) is 24.1 Å². The van der Waals surface area contributed by atoms with Crippen molar-refractivity contribution in [3.63, 3.8) is 0 Å². The third-order valence-electron chi connectivity index (χ3n) is 6.18. The van der Waals surface area contributed by atoms with Crippen molar-refractivity contribution in [2.24, 2.45) is 11.3 Å². The second kappa shape index (κ2) is 8.72. The Morgan fingerprint density at radius 1 is 1.33 bits per heavy atom. The van der Waals surface area contributed by atoms with Crippen LogP contribution in [0.3, 0.4) is 0 Å². The molecule has 0 aromatic heterocycles. The van der Waals surface area contributed by atoms with Crippen LogP contribution in [0.5, 0.6) is 0 Å². The molecule has 6 heteroatoms. The van der Waals surface area contributed by atoms with Gasteiger partial charge in [0.15, 0.2) is 5.78 Å². The van der Waals surface area contributed by atoms with Crippen LogP contribution >= 0.6 is 0 Å². The smallest absolute Gasteiger partial charge is 0.224 e. The summed E-state index contributed by atoms with van der Waals surface area (Å²) in [6.45, 7) is 8.57. The highest BCUT2D eigenvalue weighted by atomic mass is 16.3. The number of hydrogen-bond acceptors (Lipinski definition) is 5. The molecule has 3 rings (SSSR count). The average Bonchev–Trinajstić information content (AvgIpc) is 2.93. The minimum absolute atomic E-state index is 0.0600. The zero-order chi connectivity index (χ0) is 22.1. The molecular weight excluding hydrogens is 380 g/mol. The van der Waals surface area contributed by atoms with E-state index >= 15 is 0 Å². The quantitative estimate of drug-likeness (QED) is 0.716. The first-order valence-electron chi connectivity index (χ1n) is 10.8. The molecule has 6 nitrogen and oxygen atoms in total. The lowest BCUT2D eigenvalue weighted by Crippen LogP contribution is -2.37. The molecule has 0 spiro atoms. The summed E-state index contributed by atoms with van der Waals surface area (Å²) in [5.41, 5.74) is 3.12. The van der Waals surface area contributed by atoms with Gasteiger partial charge in [-0.1, -0.05) is 39.8 Å². The van der Waals surface area contributed by atoms with Crippen LogP contribution in [-0.2, 0) is 21.0 Å². The van der Waals surface area contributed by atoms with Gasteiger partial charge in [0.1, 0.15) is 11.8 Å². The summed E-state index contributed by atoms with van der Waals surface area (Å²) in [5, 5.41) is 12.5. The van der Waals surface area contributed by atoms with Crippen LogP contribution in [0.4, 0.5) is 5.69 Å². The summed E-state index contributed by atoms with van der Waals surface area (Å²) in [4.78, 5) is 40.1. The van der Waals surface area contributed by atoms with Crippen molar-refractivity contribution in [3.05, 3.63) is 41.1 Å². The first-order valence-corrected chi connectivity index (χ1v) is 10.8. The Bertz CT molecular complexity index is 887. The van der Waals surface area contributed by atoms with Crippen LogP contribution in [0.25, 0.3) is 0 Å². The number of aliphatic hydroxyl groups excluding tert-OH is 1. The van der Waals surface area contributed by atoms with Crippen molar-refractivity contribution in [2.75, 3.05) is 11.4 Å². The van der Waals surface area contributed by atoms with Crippen molar-refractivity contribution in [1.82, 2.24) is 5.32 Å². The number of carbonyl (C=O) groups is 3. The number of ketones is 2. The summed E-state index contributed by atoms with van der Waals surface area (Å²) >= 11 is 0. The molecule has 162 valence electrons. The van der Waals surface area contributed by atoms with Gasteiger partial charge in [-0.3, -0.25) is 14.4 Å². The number of amides is 1. The Kier molecular flexibility index (Phi) is 6.46. The van der Waals surface area contributed by atoms with Crippen molar-refractivity contribution in [3.8, 4) is 0 Å². The molecule has 0 saturated carbocycles. The largest absolute Gasteiger partial charge is 0.392 e. The molecule has 1 saturated heterocycles. The van der Waals surface area contributed by atoms with E-state index in [-0.39, 0.29) is 35.9 Å². The highest BCUT2D eigenvalue weighted by Gasteiger charge is 2.41. The van der Waals surface area contributed by atoms with Gasteiger partial charge in [0.25, 0.3) is 0 Å². The number of Topliss-reactive ketones (excluding diaryl/α,β-unsaturated/α-hetero) is 1. The maximum absolute atomic E-state index is 13.2. The standard InChI is InChI=1S/C24H32N2O4/c1-5-6-17(28)11-15(2)23(30)25-22-18-8-7-16(14-27)12-19(18)26-10-9-24(3,4)21(26)13-20(22)29/h7-8,12-13,15,22,27H,5-6,9-11,14H2,1-4H3,(H,25,30)/t15-,22?/m1/s1. The Morgan fingerprint density at radius 2 is 2.07 bits per heavy atom. The second-order valence-corrected chi connectivity index (χ2v) is 9.10. The van der Waals surface area contributed by atoms with E-state index in [4.69, 9.17) is 0 Å². The molecule has 2 atom stereocenters. The molecule has 2 aliphatic heterocycles. The molecule has 1 aromatic carbocycles. The molecule has 0 bridgehead atoms. The lowest BCUT2D eigenvalue weighted by molar-refractivity contribution is -0.131. The minimum atomic E-state index is -0.808. The van der Waals surface area contributed by atoms with E-state index in [1.54, 1.807) is 19.1 Å². The van der Waals surface area contributed by atoms with Gasteiger partial charge in [-0.2, -0.15) is 0 Å². The fraction of sp³-hybridized carbons (Fsp3) is 0.542. The fourth-order valence-electron chi connectivity index (χ4n) is 4.31.